The second-order valence-corrected chi connectivity index (χ2v) is 3.69. The van der Waals surface area contributed by atoms with Crippen molar-refractivity contribution in [2.75, 3.05) is 24.6 Å². The minimum atomic E-state index is 0.579. The van der Waals surface area contributed by atoms with E-state index in [9.17, 15) is 0 Å². The van der Waals surface area contributed by atoms with Gasteiger partial charge in [0, 0.05) is 13.1 Å². The molecule has 0 atom stereocenters. The molecule has 0 heterocycles. The smallest absolute Gasteiger partial charge is 0.0133 e. The largest absolute Gasteiger partial charge is 0.794 e. The Hall–Kier alpha value is 0.810. The van der Waals surface area contributed by atoms with Crippen molar-refractivity contribution in [1.82, 2.24) is 4.90 Å². The highest BCUT2D eigenvalue weighted by atomic mass is 32.1. The summed E-state index contributed by atoms with van der Waals surface area (Å²) in [5.74, 6) is 1.44. The average Bonchev–Trinajstić information content (AvgIpc) is 2.07. The summed E-state index contributed by atoms with van der Waals surface area (Å²) in [5.41, 5.74) is 0. The Morgan fingerprint density at radius 1 is 1.17 bits per heavy atom. The van der Waals surface area contributed by atoms with Crippen LogP contribution in [0.3, 0.4) is 0 Å². The van der Waals surface area contributed by atoms with Crippen molar-refractivity contribution in [2.24, 2.45) is 0 Å². The molecule has 0 aliphatic rings. The van der Waals surface area contributed by atoms with Crippen LogP contribution >= 0.6 is 12.2 Å². The van der Waals surface area contributed by atoms with Crippen molar-refractivity contribution in [1.29, 1.82) is 0 Å². The van der Waals surface area contributed by atoms with Gasteiger partial charge in [0.1, 0.15) is 0 Å². The zero-order valence-corrected chi connectivity index (χ0v) is 10.7. The van der Waals surface area contributed by atoms with Gasteiger partial charge in [-0.05, 0) is 13.8 Å². The molecule has 0 aromatic rings. The first-order valence-corrected chi connectivity index (χ1v) is 5.73. The molecular weight excluding hydrogens is 226 g/mol. The van der Waals surface area contributed by atoms with Gasteiger partial charge in [0.15, 0.2) is 0 Å². The second-order valence-electron chi connectivity index (χ2n) is 1.85. The fourth-order valence-electron chi connectivity index (χ4n) is 0.482. The zero-order chi connectivity index (χ0) is 9.98. The third-order valence-electron chi connectivity index (χ3n) is 1.10. The van der Waals surface area contributed by atoms with Crippen LogP contribution in [0.1, 0.15) is 13.8 Å². The lowest BCUT2D eigenvalue weighted by molar-refractivity contribution is 0.482. The molecule has 0 aliphatic heterocycles. The van der Waals surface area contributed by atoms with Crippen LogP contribution < -0.4 is 0 Å². The molecule has 0 aliphatic carbocycles. The molecule has 0 N–H and O–H groups in total. The predicted molar refractivity (Wildman–Crippen MR) is 67.3 cm³/mol. The lowest BCUT2D eigenvalue weighted by Gasteiger charge is -2.24. The van der Waals surface area contributed by atoms with Crippen molar-refractivity contribution in [3.8, 4) is 0 Å². The number of hydrogen-bond donors (Lipinski definition) is 0. The van der Waals surface area contributed by atoms with Crippen molar-refractivity contribution >= 4 is 54.4 Å². The average molecular weight is 240 g/mol. The standard InChI is InChI=1S/C5H11NS2.C2H6S2/c1-3-6(4-2)5(7)8;3-1-2-4/h3-4H2,1-2H3,(H,7,8);3-4H,1-2H2/p-3. The van der Waals surface area contributed by atoms with Gasteiger partial charge in [0.25, 0.3) is 0 Å². The van der Waals surface area contributed by atoms with Crippen molar-refractivity contribution in [3.05, 3.63) is 0 Å². The third kappa shape index (κ3) is 10.8. The molecule has 74 valence electrons. The maximum Gasteiger partial charge on any atom is 0.0133 e. The molecule has 0 rings (SSSR count). The van der Waals surface area contributed by atoms with Gasteiger partial charge in [-0.2, -0.15) is 11.5 Å². The maximum atomic E-state index is 4.76. The highest BCUT2D eigenvalue weighted by Gasteiger charge is 1.88. The quantitative estimate of drug-likeness (QED) is 0.538. The fraction of sp³-hybridized carbons (Fsp3) is 0.857. The molecule has 0 unspecified atom stereocenters. The van der Waals surface area contributed by atoms with Crippen LogP contribution in [-0.2, 0) is 37.9 Å². The molecule has 0 aromatic heterocycles. The first kappa shape index (κ1) is 15.3. The fourth-order valence-corrected chi connectivity index (χ4v) is 0.998. The first-order chi connectivity index (χ1) is 5.63. The summed E-state index contributed by atoms with van der Waals surface area (Å²) < 4.78 is 0.579. The normalized spacial score (nSPS) is 8.33. The van der Waals surface area contributed by atoms with E-state index in [0.29, 0.717) is 4.32 Å². The third-order valence-corrected chi connectivity index (χ3v) is 2.29. The van der Waals surface area contributed by atoms with Crippen LogP contribution in [0.15, 0.2) is 0 Å². The van der Waals surface area contributed by atoms with Crippen molar-refractivity contribution in [2.45, 2.75) is 13.8 Å². The van der Waals surface area contributed by atoms with Gasteiger partial charge >= 0.3 is 0 Å². The van der Waals surface area contributed by atoms with E-state index in [1.165, 1.54) is 0 Å². The summed E-state index contributed by atoms with van der Waals surface area (Å²) in [6.07, 6.45) is 0. The zero-order valence-electron chi connectivity index (χ0n) is 7.41. The number of hydrogen-bond acceptors (Lipinski definition) is 4. The van der Waals surface area contributed by atoms with Crippen molar-refractivity contribution < 1.29 is 0 Å². The van der Waals surface area contributed by atoms with E-state index < -0.39 is 0 Å². The lowest BCUT2D eigenvalue weighted by atomic mass is 10.6. The molecule has 12 heavy (non-hydrogen) atoms. The highest BCUT2D eigenvalue weighted by Crippen LogP contribution is 1.87. The SMILES string of the molecule is CCN(CC)C(=S)[S-].[S-]CC[S-]. The van der Waals surface area contributed by atoms with Crippen LogP contribution in [-0.4, -0.2) is 33.8 Å². The molecular formula is C7H14NS4-3. The van der Waals surface area contributed by atoms with Crippen molar-refractivity contribution in [3.63, 3.8) is 0 Å². The van der Waals surface area contributed by atoms with Gasteiger partial charge in [-0.1, -0.05) is 4.32 Å². The molecule has 0 fully saturated rings. The Kier molecular flexibility index (Phi) is 15.0. The number of thiocarbonyl (C=S) groups is 1. The Balaban J connectivity index is 0. The van der Waals surface area contributed by atoms with Gasteiger partial charge in [0.2, 0.25) is 0 Å². The summed E-state index contributed by atoms with van der Waals surface area (Å²) in [5, 5.41) is 0. The molecule has 0 aromatic carbocycles. The van der Waals surface area contributed by atoms with E-state index >= 15 is 0 Å². The van der Waals surface area contributed by atoms with E-state index in [4.69, 9.17) is 24.8 Å². The Labute approximate surface area is 97.5 Å². The highest BCUT2D eigenvalue weighted by molar-refractivity contribution is 8.00. The van der Waals surface area contributed by atoms with Crippen LogP contribution in [0.4, 0.5) is 0 Å². The number of nitrogens with zero attached hydrogens (tertiary/aromatic N) is 1. The Morgan fingerprint density at radius 2 is 1.50 bits per heavy atom. The van der Waals surface area contributed by atoms with E-state index in [1.807, 2.05) is 18.7 Å². The van der Waals surface area contributed by atoms with Crippen LogP contribution in [0.2, 0.25) is 0 Å². The molecule has 0 bridgehead atoms. The van der Waals surface area contributed by atoms with Gasteiger partial charge < -0.3 is 55.0 Å². The monoisotopic (exact) mass is 240 g/mol. The molecule has 0 saturated carbocycles. The molecule has 5 heteroatoms. The predicted octanol–water partition coefficient (Wildman–Crippen LogP) is 1.24. The number of rotatable bonds is 3. The topological polar surface area (TPSA) is 3.24 Å². The van der Waals surface area contributed by atoms with Gasteiger partial charge in [-0.15, -0.1) is 0 Å². The van der Waals surface area contributed by atoms with Gasteiger partial charge in [-0.25, -0.2) is 0 Å². The molecule has 0 radical (unpaired) electrons. The van der Waals surface area contributed by atoms with Gasteiger partial charge in [0.05, 0.1) is 0 Å². The van der Waals surface area contributed by atoms with E-state index in [-0.39, 0.29) is 0 Å². The molecule has 1 nitrogen and oxygen atoms in total. The maximum absolute atomic E-state index is 4.76. The summed E-state index contributed by atoms with van der Waals surface area (Å²) >= 11 is 18.4. The summed E-state index contributed by atoms with van der Waals surface area (Å²) in [6.45, 7) is 5.95. The lowest BCUT2D eigenvalue weighted by Crippen LogP contribution is -2.26. The summed E-state index contributed by atoms with van der Waals surface area (Å²) in [6, 6.07) is 0. The van der Waals surface area contributed by atoms with Crippen LogP contribution in [0.5, 0.6) is 0 Å². The minimum Gasteiger partial charge on any atom is -0.794 e. The Bertz CT molecular complexity index is 102. The van der Waals surface area contributed by atoms with Crippen LogP contribution in [0, 0.1) is 0 Å². The van der Waals surface area contributed by atoms with E-state index in [1.54, 1.807) is 0 Å². The molecule has 0 spiro atoms. The first-order valence-electron chi connectivity index (χ1n) is 3.76. The summed E-state index contributed by atoms with van der Waals surface area (Å²) in [7, 11) is 0. The Morgan fingerprint density at radius 3 is 1.50 bits per heavy atom. The molecule has 0 amide bonds. The van der Waals surface area contributed by atoms with Gasteiger partial charge in [-0.3, -0.25) is 0 Å². The van der Waals surface area contributed by atoms with E-state index in [0.717, 1.165) is 24.6 Å². The second kappa shape index (κ2) is 11.8. The van der Waals surface area contributed by atoms with Crippen LogP contribution in [0.25, 0.3) is 0 Å². The minimum absolute atomic E-state index is 0.579. The summed E-state index contributed by atoms with van der Waals surface area (Å²) in [4.78, 5) is 1.96. The molecule has 0 saturated heterocycles. The van der Waals surface area contributed by atoms with E-state index in [2.05, 4.69) is 25.3 Å².